The SMILES string of the molecule is CC(=O)CC(C)Cc1ccc(C)c(C)c1. The third kappa shape index (κ3) is 3.86. The van der Waals surface area contributed by atoms with Gasteiger partial charge in [0.05, 0.1) is 0 Å². The molecule has 0 fully saturated rings. The van der Waals surface area contributed by atoms with Crippen LogP contribution in [0.4, 0.5) is 0 Å². The van der Waals surface area contributed by atoms with Crippen LogP contribution in [0.1, 0.15) is 37.0 Å². The Morgan fingerprint density at radius 2 is 1.93 bits per heavy atom. The van der Waals surface area contributed by atoms with Gasteiger partial charge in [0, 0.05) is 6.42 Å². The molecule has 1 nitrogen and oxygen atoms in total. The molecule has 1 atom stereocenters. The van der Waals surface area contributed by atoms with Gasteiger partial charge in [-0.25, -0.2) is 0 Å². The topological polar surface area (TPSA) is 17.1 Å². The van der Waals surface area contributed by atoms with Crippen LogP contribution in [0.15, 0.2) is 18.2 Å². The second-order valence-corrected chi connectivity index (χ2v) is 4.63. The molecule has 0 saturated carbocycles. The standard InChI is InChI=1S/C14H20O/c1-10(7-13(4)15)8-14-6-5-11(2)12(3)9-14/h5-6,9-10H,7-8H2,1-4H3. The summed E-state index contributed by atoms with van der Waals surface area (Å²) in [7, 11) is 0. The third-order valence-corrected chi connectivity index (χ3v) is 2.79. The molecule has 82 valence electrons. The maximum atomic E-state index is 11.0. The molecule has 1 heteroatoms. The third-order valence-electron chi connectivity index (χ3n) is 2.79. The van der Waals surface area contributed by atoms with Gasteiger partial charge in [0.15, 0.2) is 0 Å². The lowest BCUT2D eigenvalue weighted by Gasteiger charge is -2.10. The van der Waals surface area contributed by atoms with E-state index in [4.69, 9.17) is 0 Å². The van der Waals surface area contributed by atoms with E-state index >= 15 is 0 Å². The van der Waals surface area contributed by atoms with E-state index in [-0.39, 0.29) is 5.78 Å². The molecule has 1 rings (SSSR count). The molecule has 0 aliphatic carbocycles. The first-order chi connectivity index (χ1) is 6.99. The second kappa shape index (κ2) is 5.11. The average Bonchev–Trinajstić information content (AvgIpc) is 2.10. The molecule has 0 N–H and O–H groups in total. The summed E-state index contributed by atoms with van der Waals surface area (Å²) in [5, 5.41) is 0. The molecule has 0 radical (unpaired) electrons. The van der Waals surface area contributed by atoms with Crippen LogP contribution in [0.2, 0.25) is 0 Å². The van der Waals surface area contributed by atoms with Gasteiger partial charge in [0.1, 0.15) is 5.78 Å². The fourth-order valence-corrected chi connectivity index (χ4v) is 1.90. The Hall–Kier alpha value is -1.11. The first-order valence-electron chi connectivity index (χ1n) is 5.54. The van der Waals surface area contributed by atoms with Crippen molar-refractivity contribution < 1.29 is 4.79 Å². The van der Waals surface area contributed by atoms with Gasteiger partial charge < -0.3 is 4.79 Å². The normalized spacial score (nSPS) is 12.5. The molecule has 0 saturated heterocycles. The van der Waals surface area contributed by atoms with Gasteiger partial charge in [0.2, 0.25) is 0 Å². The maximum absolute atomic E-state index is 11.0. The minimum atomic E-state index is 0.284. The molecule has 15 heavy (non-hydrogen) atoms. The minimum absolute atomic E-state index is 0.284. The Morgan fingerprint density at radius 1 is 1.27 bits per heavy atom. The van der Waals surface area contributed by atoms with Crippen molar-refractivity contribution >= 4 is 5.78 Å². The van der Waals surface area contributed by atoms with Gasteiger partial charge in [-0.05, 0) is 49.8 Å². The Bertz CT molecular complexity index is 352. The van der Waals surface area contributed by atoms with E-state index < -0.39 is 0 Å². The lowest BCUT2D eigenvalue weighted by Crippen LogP contribution is -2.05. The van der Waals surface area contributed by atoms with E-state index in [0.717, 1.165) is 6.42 Å². The first kappa shape index (κ1) is 12.0. The van der Waals surface area contributed by atoms with E-state index in [1.807, 2.05) is 0 Å². The molecule has 1 unspecified atom stereocenters. The van der Waals surface area contributed by atoms with Crippen molar-refractivity contribution in [2.45, 2.75) is 40.5 Å². The van der Waals surface area contributed by atoms with E-state index in [1.54, 1.807) is 6.92 Å². The van der Waals surface area contributed by atoms with Crippen molar-refractivity contribution in [1.29, 1.82) is 0 Å². The molecule has 0 heterocycles. The highest BCUT2D eigenvalue weighted by molar-refractivity contribution is 5.75. The smallest absolute Gasteiger partial charge is 0.130 e. The fourth-order valence-electron chi connectivity index (χ4n) is 1.90. The Labute approximate surface area is 92.5 Å². The van der Waals surface area contributed by atoms with Gasteiger partial charge in [-0.15, -0.1) is 0 Å². The zero-order valence-electron chi connectivity index (χ0n) is 10.1. The van der Waals surface area contributed by atoms with Crippen LogP contribution < -0.4 is 0 Å². The molecule has 0 amide bonds. The highest BCUT2D eigenvalue weighted by Crippen LogP contribution is 2.15. The molecule has 0 bridgehead atoms. The number of aryl methyl sites for hydroxylation is 2. The van der Waals surface area contributed by atoms with Crippen molar-refractivity contribution in [2.24, 2.45) is 5.92 Å². The lowest BCUT2D eigenvalue weighted by atomic mass is 9.94. The zero-order valence-corrected chi connectivity index (χ0v) is 10.1. The van der Waals surface area contributed by atoms with Crippen LogP contribution in [0.3, 0.4) is 0 Å². The lowest BCUT2D eigenvalue weighted by molar-refractivity contribution is -0.117. The monoisotopic (exact) mass is 204 g/mol. The second-order valence-electron chi connectivity index (χ2n) is 4.63. The molecule has 0 aliphatic rings. The Morgan fingerprint density at radius 3 is 2.47 bits per heavy atom. The maximum Gasteiger partial charge on any atom is 0.130 e. The molecular weight excluding hydrogens is 184 g/mol. The number of Topliss-reactive ketones (excluding diaryl/α,β-unsaturated/α-hetero) is 1. The average molecular weight is 204 g/mol. The highest BCUT2D eigenvalue weighted by Gasteiger charge is 2.06. The van der Waals surface area contributed by atoms with E-state index in [2.05, 4.69) is 39.0 Å². The summed E-state index contributed by atoms with van der Waals surface area (Å²) in [5.41, 5.74) is 4.01. The van der Waals surface area contributed by atoms with Crippen molar-refractivity contribution in [2.75, 3.05) is 0 Å². The van der Waals surface area contributed by atoms with Crippen LogP contribution in [-0.4, -0.2) is 5.78 Å². The number of carbonyl (C=O) groups excluding carboxylic acids is 1. The first-order valence-corrected chi connectivity index (χ1v) is 5.54. The molecule has 0 spiro atoms. The van der Waals surface area contributed by atoms with Gasteiger partial charge in [-0.2, -0.15) is 0 Å². The summed E-state index contributed by atoms with van der Waals surface area (Å²) in [5.74, 6) is 0.732. The van der Waals surface area contributed by atoms with Crippen molar-refractivity contribution in [3.8, 4) is 0 Å². The van der Waals surface area contributed by atoms with E-state index in [1.165, 1.54) is 16.7 Å². The predicted molar refractivity (Wildman–Crippen MR) is 64.1 cm³/mol. The van der Waals surface area contributed by atoms with Crippen molar-refractivity contribution in [3.63, 3.8) is 0 Å². The predicted octanol–water partition coefficient (Wildman–Crippen LogP) is 3.46. The Balaban J connectivity index is 2.64. The largest absolute Gasteiger partial charge is 0.300 e. The molecular formula is C14H20O. The highest BCUT2D eigenvalue weighted by atomic mass is 16.1. The summed E-state index contributed by atoms with van der Waals surface area (Å²) in [4.78, 5) is 11.0. The van der Waals surface area contributed by atoms with Crippen molar-refractivity contribution in [1.82, 2.24) is 0 Å². The van der Waals surface area contributed by atoms with Crippen LogP contribution in [-0.2, 0) is 11.2 Å². The fraction of sp³-hybridized carbons (Fsp3) is 0.500. The van der Waals surface area contributed by atoms with E-state index in [0.29, 0.717) is 12.3 Å². The number of hydrogen-bond donors (Lipinski definition) is 0. The summed E-state index contributed by atoms with van der Waals surface area (Å²) < 4.78 is 0. The molecule has 1 aromatic rings. The van der Waals surface area contributed by atoms with E-state index in [9.17, 15) is 4.79 Å². The molecule has 1 aromatic carbocycles. The number of hydrogen-bond acceptors (Lipinski definition) is 1. The van der Waals surface area contributed by atoms with Crippen LogP contribution in [0.5, 0.6) is 0 Å². The quantitative estimate of drug-likeness (QED) is 0.734. The number of benzene rings is 1. The number of ketones is 1. The van der Waals surface area contributed by atoms with Crippen LogP contribution >= 0.6 is 0 Å². The minimum Gasteiger partial charge on any atom is -0.300 e. The van der Waals surface area contributed by atoms with Gasteiger partial charge in [-0.1, -0.05) is 25.1 Å². The number of carbonyl (C=O) groups is 1. The Kier molecular flexibility index (Phi) is 4.07. The van der Waals surface area contributed by atoms with Gasteiger partial charge in [0.25, 0.3) is 0 Å². The van der Waals surface area contributed by atoms with Crippen LogP contribution in [0.25, 0.3) is 0 Å². The number of rotatable bonds is 4. The zero-order chi connectivity index (χ0) is 11.4. The summed E-state index contributed by atoms with van der Waals surface area (Å²) in [6.45, 7) is 8.06. The van der Waals surface area contributed by atoms with Gasteiger partial charge in [-0.3, -0.25) is 0 Å². The van der Waals surface area contributed by atoms with Gasteiger partial charge >= 0.3 is 0 Å². The molecule has 0 aliphatic heterocycles. The van der Waals surface area contributed by atoms with Crippen LogP contribution in [0, 0.1) is 19.8 Å². The molecule has 0 aromatic heterocycles. The van der Waals surface area contributed by atoms with Crippen molar-refractivity contribution in [3.05, 3.63) is 34.9 Å². The summed E-state index contributed by atoms with van der Waals surface area (Å²) in [6.07, 6.45) is 1.69. The summed E-state index contributed by atoms with van der Waals surface area (Å²) in [6, 6.07) is 6.55. The summed E-state index contributed by atoms with van der Waals surface area (Å²) >= 11 is 0.